The van der Waals surface area contributed by atoms with Crippen LogP contribution >= 0.6 is 11.8 Å². The first-order chi connectivity index (χ1) is 10.2. The van der Waals surface area contributed by atoms with Crippen LogP contribution in [0.3, 0.4) is 0 Å². The third-order valence-electron chi connectivity index (χ3n) is 3.32. The maximum atomic E-state index is 12.2. The number of aryl methyl sites for hydroxylation is 1. The van der Waals surface area contributed by atoms with E-state index in [0.29, 0.717) is 13.0 Å². The lowest BCUT2D eigenvalue weighted by Crippen LogP contribution is -2.30. The Hall–Kier alpha value is -1.53. The van der Waals surface area contributed by atoms with E-state index in [1.54, 1.807) is 0 Å². The molecule has 0 aliphatic carbocycles. The Morgan fingerprint density at radius 2 is 2.24 bits per heavy atom. The van der Waals surface area contributed by atoms with E-state index in [1.807, 2.05) is 24.3 Å². The van der Waals surface area contributed by atoms with Crippen molar-refractivity contribution in [1.82, 2.24) is 5.32 Å². The summed E-state index contributed by atoms with van der Waals surface area (Å²) in [6, 6.07) is 7.79. The maximum absolute atomic E-state index is 12.2. The third kappa shape index (κ3) is 4.75. The number of benzene rings is 1. The normalized spacial score (nSPS) is 17.6. The van der Waals surface area contributed by atoms with Crippen LogP contribution in [0.15, 0.2) is 24.3 Å². The van der Waals surface area contributed by atoms with Gasteiger partial charge in [0.25, 0.3) is 0 Å². The number of carbonyl (C=O) groups is 2. The Labute approximate surface area is 128 Å². The van der Waals surface area contributed by atoms with E-state index in [9.17, 15) is 9.59 Å². The highest BCUT2D eigenvalue weighted by molar-refractivity contribution is 8.01. The number of nitrogens with one attached hydrogen (secondary N) is 2. The number of rotatable bonds is 6. The van der Waals surface area contributed by atoms with E-state index < -0.39 is 0 Å². The number of para-hydroxylation sites is 1. The summed E-state index contributed by atoms with van der Waals surface area (Å²) in [7, 11) is 0. The first-order valence-electron chi connectivity index (χ1n) is 7.08. The zero-order chi connectivity index (χ0) is 15.1. The molecule has 1 aromatic carbocycles. The number of hydrogen-bond donors (Lipinski definition) is 3. The molecule has 0 saturated heterocycles. The van der Waals surface area contributed by atoms with E-state index in [2.05, 4.69) is 10.6 Å². The molecule has 0 unspecified atom stereocenters. The molecule has 0 radical (unpaired) electrons. The topological polar surface area (TPSA) is 78.4 Å². The second kappa shape index (κ2) is 8.05. The summed E-state index contributed by atoms with van der Waals surface area (Å²) in [6.45, 7) is 0.537. The van der Waals surface area contributed by atoms with Gasteiger partial charge in [-0.1, -0.05) is 18.2 Å². The summed E-state index contributed by atoms with van der Waals surface area (Å²) >= 11 is 1.37. The van der Waals surface area contributed by atoms with Crippen molar-refractivity contribution in [2.75, 3.05) is 24.2 Å². The van der Waals surface area contributed by atoms with Gasteiger partial charge in [-0.15, -0.1) is 11.8 Å². The van der Waals surface area contributed by atoms with Gasteiger partial charge in [0.1, 0.15) is 0 Å². The Bertz CT molecular complexity index is 507. The predicted molar refractivity (Wildman–Crippen MR) is 84.4 cm³/mol. The molecule has 2 amide bonds. The Kier molecular flexibility index (Phi) is 6.07. The molecule has 0 fully saturated rings. The monoisotopic (exact) mass is 308 g/mol. The quantitative estimate of drug-likeness (QED) is 0.689. The van der Waals surface area contributed by atoms with Gasteiger partial charge < -0.3 is 15.7 Å². The molecule has 1 aliphatic heterocycles. The van der Waals surface area contributed by atoms with Gasteiger partial charge in [0.05, 0.1) is 11.0 Å². The standard InChI is InChI=1S/C15H20N2O3S/c18-9-3-8-16-14(19)10-21-13-7-6-11-4-1-2-5-12(11)17-15(13)20/h1-2,4-5,13,18H,3,6-10H2,(H,16,19)(H,17,20)/t13-/m1/s1. The van der Waals surface area contributed by atoms with Crippen molar-refractivity contribution in [3.63, 3.8) is 0 Å². The highest BCUT2D eigenvalue weighted by Crippen LogP contribution is 2.26. The SMILES string of the molecule is O=C(CS[C@@H]1CCc2ccccc2NC1=O)NCCCO. The first kappa shape index (κ1) is 15.9. The van der Waals surface area contributed by atoms with Crippen LogP contribution in [0.4, 0.5) is 5.69 Å². The summed E-state index contributed by atoms with van der Waals surface area (Å²) in [5.41, 5.74) is 2.01. The Morgan fingerprint density at radius 1 is 1.43 bits per heavy atom. The summed E-state index contributed by atoms with van der Waals surface area (Å²) in [4.78, 5) is 23.8. The predicted octanol–water partition coefficient (Wildman–Crippen LogP) is 1.17. The molecular formula is C15H20N2O3S. The summed E-state index contributed by atoms with van der Waals surface area (Å²) < 4.78 is 0. The molecule has 0 bridgehead atoms. The summed E-state index contributed by atoms with van der Waals surface area (Å²) in [6.07, 6.45) is 2.12. The van der Waals surface area contributed by atoms with E-state index in [0.717, 1.165) is 24.1 Å². The number of carbonyl (C=O) groups excluding carboxylic acids is 2. The third-order valence-corrected chi connectivity index (χ3v) is 4.60. The number of amides is 2. The van der Waals surface area contributed by atoms with Gasteiger partial charge in [-0.3, -0.25) is 9.59 Å². The molecule has 0 aromatic heterocycles. The molecule has 0 spiro atoms. The van der Waals surface area contributed by atoms with Crippen molar-refractivity contribution in [1.29, 1.82) is 0 Å². The average Bonchev–Trinajstić information content (AvgIpc) is 2.64. The molecule has 0 saturated carbocycles. The minimum absolute atomic E-state index is 0.0342. The minimum atomic E-state index is -0.207. The number of hydrogen-bond acceptors (Lipinski definition) is 4. The van der Waals surface area contributed by atoms with Crippen molar-refractivity contribution in [2.24, 2.45) is 0 Å². The molecule has 6 heteroatoms. The fourth-order valence-corrected chi connectivity index (χ4v) is 3.13. The zero-order valence-corrected chi connectivity index (χ0v) is 12.6. The second-order valence-corrected chi connectivity index (χ2v) is 6.10. The highest BCUT2D eigenvalue weighted by Gasteiger charge is 2.24. The van der Waals surface area contributed by atoms with Gasteiger partial charge in [-0.25, -0.2) is 0 Å². The van der Waals surface area contributed by atoms with Crippen LogP contribution < -0.4 is 10.6 Å². The van der Waals surface area contributed by atoms with Crippen LogP contribution in [0.2, 0.25) is 0 Å². The van der Waals surface area contributed by atoms with Crippen LogP contribution in [0.25, 0.3) is 0 Å². The Morgan fingerprint density at radius 3 is 3.05 bits per heavy atom. The van der Waals surface area contributed by atoms with Gasteiger partial charge >= 0.3 is 0 Å². The average molecular weight is 308 g/mol. The van der Waals surface area contributed by atoms with Crippen LogP contribution in [0.1, 0.15) is 18.4 Å². The number of aliphatic hydroxyl groups is 1. The molecule has 21 heavy (non-hydrogen) atoms. The summed E-state index contributed by atoms with van der Waals surface area (Å²) in [5.74, 6) is 0.135. The lowest BCUT2D eigenvalue weighted by molar-refractivity contribution is -0.118. The van der Waals surface area contributed by atoms with E-state index in [4.69, 9.17) is 5.11 Å². The van der Waals surface area contributed by atoms with Gasteiger partial charge in [-0.2, -0.15) is 0 Å². The fraction of sp³-hybridized carbons (Fsp3) is 0.467. The maximum Gasteiger partial charge on any atom is 0.237 e. The molecule has 1 aliphatic rings. The lowest BCUT2D eigenvalue weighted by atomic mass is 10.1. The van der Waals surface area contributed by atoms with Crippen LogP contribution in [0, 0.1) is 0 Å². The van der Waals surface area contributed by atoms with Crippen LogP contribution in [0.5, 0.6) is 0 Å². The Balaban J connectivity index is 1.82. The van der Waals surface area contributed by atoms with Crippen molar-refractivity contribution >= 4 is 29.3 Å². The van der Waals surface area contributed by atoms with Gasteiger partial charge in [0, 0.05) is 18.8 Å². The molecular weight excluding hydrogens is 288 g/mol. The largest absolute Gasteiger partial charge is 0.396 e. The van der Waals surface area contributed by atoms with Gasteiger partial charge in [0.2, 0.25) is 11.8 Å². The van der Waals surface area contributed by atoms with Crippen LogP contribution in [-0.2, 0) is 16.0 Å². The fourth-order valence-electron chi connectivity index (χ4n) is 2.18. The minimum Gasteiger partial charge on any atom is -0.396 e. The van der Waals surface area contributed by atoms with Crippen molar-refractivity contribution < 1.29 is 14.7 Å². The smallest absolute Gasteiger partial charge is 0.237 e. The van der Waals surface area contributed by atoms with E-state index in [-0.39, 0.29) is 29.4 Å². The first-order valence-corrected chi connectivity index (χ1v) is 8.13. The van der Waals surface area contributed by atoms with E-state index >= 15 is 0 Å². The molecule has 114 valence electrons. The lowest BCUT2D eigenvalue weighted by Gasteiger charge is -2.12. The van der Waals surface area contributed by atoms with Crippen molar-refractivity contribution in [3.05, 3.63) is 29.8 Å². The van der Waals surface area contributed by atoms with Crippen LogP contribution in [-0.4, -0.2) is 41.1 Å². The van der Waals surface area contributed by atoms with E-state index in [1.165, 1.54) is 11.8 Å². The molecule has 1 heterocycles. The second-order valence-electron chi connectivity index (χ2n) is 4.91. The molecule has 5 nitrogen and oxygen atoms in total. The highest BCUT2D eigenvalue weighted by atomic mass is 32.2. The number of aliphatic hydroxyl groups excluding tert-OH is 1. The number of anilines is 1. The van der Waals surface area contributed by atoms with Gasteiger partial charge in [0.15, 0.2) is 0 Å². The zero-order valence-electron chi connectivity index (χ0n) is 11.8. The number of thioether (sulfide) groups is 1. The molecule has 3 N–H and O–H groups in total. The molecule has 1 aromatic rings. The van der Waals surface area contributed by atoms with Gasteiger partial charge in [-0.05, 0) is 30.9 Å². The van der Waals surface area contributed by atoms with Crippen molar-refractivity contribution in [3.8, 4) is 0 Å². The molecule has 1 atom stereocenters. The summed E-state index contributed by atoms with van der Waals surface area (Å²) in [5, 5.41) is 14.1. The van der Waals surface area contributed by atoms with Crippen molar-refractivity contribution in [2.45, 2.75) is 24.5 Å². The molecule has 2 rings (SSSR count). The number of fused-ring (bicyclic) bond motifs is 1.